The lowest BCUT2D eigenvalue weighted by Gasteiger charge is -2.26. The molecule has 0 spiro atoms. The van der Waals surface area contributed by atoms with E-state index in [0.717, 1.165) is 0 Å². The smallest absolute Gasteiger partial charge is 0.338 e. The van der Waals surface area contributed by atoms with Crippen molar-refractivity contribution in [3.05, 3.63) is 101 Å². The van der Waals surface area contributed by atoms with E-state index in [4.69, 9.17) is 23.7 Å². The van der Waals surface area contributed by atoms with Gasteiger partial charge in [-0.3, -0.25) is 9.36 Å². The molecule has 0 saturated carbocycles. The van der Waals surface area contributed by atoms with E-state index >= 15 is 0 Å². The van der Waals surface area contributed by atoms with E-state index < -0.39 is 18.0 Å². The van der Waals surface area contributed by atoms with Crippen molar-refractivity contribution in [3.8, 4) is 22.8 Å². The van der Waals surface area contributed by atoms with Crippen molar-refractivity contribution >= 4 is 45.3 Å². The number of carboxylic acid groups (broad SMARTS) is 1. The second kappa shape index (κ2) is 11.8. The molecule has 0 bridgehead atoms. The van der Waals surface area contributed by atoms with Gasteiger partial charge in [-0.1, -0.05) is 39.4 Å². The van der Waals surface area contributed by atoms with E-state index in [1.165, 1.54) is 42.3 Å². The first kappa shape index (κ1) is 29.1. The maximum atomic E-state index is 13.9. The third-order valence-corrected chi connectivity index (χ3v) is 8.30. The van der Waals surface area contributed by atoms with Crippen LogP contribution in [-0.2, 0) is 9.53 Å². The summed E-state index contributed by atoms with van der Waals surface area (Å²) in [5.74, 6) is 0.239. The zero-order valence-corrected chi connectivity index (χ0v) is 25.4. The fraction of sp³-hybridized carbons (Fsp3) is 0.200. The average molecular weight is 654 g/mol. The summed E-state index contributed by atoms with van der Waals surface area (Å²) in [6.07, 6.45) is 1.61. The molecule has 216 valence electrons. The first-order valence-electron chi connectivity index (χ1n) is 12.7. The van der Waals surface area contributed by atoms with Crippen LogP contribution in [0.25, 0.3) is 17.4 Å². The zero-order valence-electron chi connectivity index (χ0n) is 23.0. The molecule has 4 aromatic rings. The largest absolute Gasteiger partial charge is 0.493 e. The number of rotatable bonds is 8. The van der Waals surface area contributed by atoms with Gasteiger partial charge in [0.2, 0.25) is 0 Å². The highest BCUT2D eigenvalue weighted by Gasteiger charge is 2.35. The number of allylic oxidation sites excluding steroid dienone is 1. The molecule has 0 saturated heterocycles. The lowest BCUT2D eigenvalue weighted by Crippen LogP contribution is -2.40. The number of aromatic carboxylic acids is 1. The molecule has 0 radical (unpaired) electrons. The molecular formula is C30H25BrN2O8S. The topological polar surface area (TPSA) is 130 Å². The van der Waals surface area contributed by atoms with Crippen LogP contribution in [0, 0.1) is 0 Å². The van der Waals surface area contributed by atoms with Gasteiger partial charge in [-0.05, 0) is 55.8 Å². The SMILES string of the molecule is CCOC(=O)C1=C(C)N=c2s/c(=C\c3ccc(-c4ccc(C(=O)O)cc4)o3)c(=O)n2C1c1cc(OC)c(OC)cc1Br. The summed E-state index contributed by atoms with van der Waals surface area (Å²) in [5, 5.41) is 9.15. The number of carboxylic acids is 1. The number of furan rings is 1. The van der Waals surface area contributed by atoms with Crippen molar-refractivity contribution in [2.24, 2.45) is 4.99 Å². The molecule has 42 heavy (non-hydrogen) atoms. The predicted octanol–water partition coefficient (Wildman–Crippen LogP) is 4.54. The van der Waals surface area contributed by atoms with Gasteiger partial charge in [-0.15, -0.1) is 0 Å². The Morgan fingerprint density at radius 2 is 1.81 bits per heavy atom. The highest BCUT2D eigenvalue weighted by Crippen LogP contribution is 2.40. The molecule has 1 N–H and O–H groups in total. The normalized spacial score (nSPS) is 14.8. The molecule has 1 aliphatic heterocycles. The van der Waals surface area contributed by atoms with Crippen LogP contribution in [0.3, 0.4) is 0 Å². The number of benzene rings is 2. The molecule has 0 amide bonds. The second-order valence-corrected chi connectivity index (χ2v) is 11.0. The van der Waals surface area contributed by atoms with E-state index in [1.807, 2.05) is 0 Å². The fourth-order valence-electron chi connectivity index (χ4n) is 4.66. The summed E-state index contributed by atoms with van der Waals surface area (Å²) in [4.78, 5) is 43.3. The monoisotopic (exact) mass is 652 g/mol. The highest BCUT2D eigenvalue weighted by atomic mass is 79.9. The molecule has 10 nitrogen and oxygen atoms in total. The van der Waals surface area contributed by atoms with E-state index in [1.54, 1.807) is 56.3 Å². The number of carbonyl (C=O) groups is 2. The van der Waals surface area contributed by atoms with Crippen molar-refractivity contribution in [3.63, 3.8) is 0 Å². The molecule has 3 heterocycles. The van der Waals surface area contributed by atoms with Gasteiger partial charge >= 0.3 is 11.9 Å². The molecule has 12 heteroatoms. The molecule has 2 aromatic heterocycles. The number of fused-ring (bicyclic) bond motifs is 1. The molecule has 1 unspecified atom stereocenters. The Morgan fingerprint density at radius 1 is 1.12 bits per heavy atom. The Bertz CT molecular complexity index is 1920. The first-order chi connectivity index (χ1) is 20.2. The minimum atomic E-state index is -1.02. The van der Waals surface area contributed by atoms with Crippen molar-refractivity contribution in [2.45, 2.75) is 19.9 Å². The number of ether oxygens (including phenoxy) is 3. The van der Waals surface area contributed by atoms with Crippen molar-refractivity contribution < 1.29 is 33.3 Å². The van der Waals surface area contributed by atoms with Crippen LogP contribution in [0.1, 0.15) is 41.6 Å². The molecule has 2 aromatic carbocycles. The van der Waals surface area contributed by atoms with E-state index in [2.05, 4.69) is 20.9 Å². The van der Waals surface area contributed by atoms with Crippen LogP contribution >= 0.6 is 27.3 Å². The zero-order chi connectivity index (χ0) is 30.1. The van der Waals surface area contributed by atoms with Gasteiger partial charge in [0, 0.05) is 16.1 Å². The Morgan fingerprint density at radius 3 is 2.45 bits per heavy atom. The average Bonchev–Trinajstić information content (AvgIpc) is 3.56. The number of carbonyl (C=O) groups excluding carboxylic acids is 1. The van der Waals surface area contributed by atoms with Gasteiger partial charge in [0.15, 0.2) is 16.3 Å². The lowest BCUT2D eigenvalue weighted by atomic mass is 9.95. The summed E-state index contributed by atoms with van der Waals surface area (Å²) < 4.78 is 24.7. The molecule has 0 fully saturated rings. The minimum absolute atomic E-state index is 0.152. The van der Waals surface area contributed by atoms with Gasteiger partial charge in [0.05, 0.1) is 48.2 Å². The quantitative estimate of drug-likeness (QED) is 0.275. The standard InChI is InChI=1S/C30H25BrN2O8S/c1-5-40-29(37)25-15(2)32-30-33(26(25)19-13-22(38-3)23(39-4)14-20(19)31)27(34)24(42-30)12-18-10-11-21(41-18)16-6-8-17(9-7-16)28(35)36/h6-14,26H,5H2,1-4H3,(H,35,36)/b24-12-. The Hall–Kier alpha value is -4.42. The van der Waals surface area contributed by atoms with E-state index in [0.29, 0.717) is 53.6 Å². The summed E-state index contributed by atoms with van der Waals surface area (Å²) in [6, 6.07) is 12.3. The minimum Gasteiger partial charge on any atom is -0.493 e. The van der Waals surface area contributed by atoms with Crippen molar-refractivity contribution in [1.82, 2.24) is 4.57 Å². The molecule has 1 aliphatic rings. The maximum Gasteiger partial charge on any atom is 0.338 e. The van der Waals surface area contributed by atoms with Gasteiger partial charge in [0.25, 0.3) is 5.56 Å². The maximum absolute atomic E-state index is 13.9. The van der Waals surface area contributed by atoms with Crippen LogP contribution in [0.2, 0.25) is 0 Å². The first-order valence-corrected chi connectivity index (χ1v) is 14.3. The number of methoxy groups -OCH3 is 2. The van der Waals surface area contributed by atoms with Gasteiger partial charge < -0.3 is 23.7 Å². The Balaban J connectivity index is 1.65. The Kier molecular flexibility index (Phi) is 8.19. The van der Waals surface area contributed by atoms with Crippen LogP contribution in [0.4, 0.5) is 0 Å². The third kappa shape index (κ3) is 5.30. The van der Waals surface area contributed by atoms with Gasteiger partial charge in [-0.25, -0.2) is 14.6 Å². The molecule has 1 atom stereocenters. The van der Waals surface area contributed by atoms with E-state index in [9.17, 15) is 14.4 Å². The van der Waals surface area contributed by atoms with Crippen LogP contribution in [0.5, 0.6) is 11.5 Å². The summed E-state index contributed by atoms with van der Waals surface area (Å²) in [6.45, 7) is 3.57. The predicted molar refractivity (Wildman–Crippen MR) is 159 cm³/mol. The second-order valence-electron chi connectivity index (χ2n) is 9.12. The molecule has 0 aliphatic carbocycles. The number of hydrogen-bond acceptors (Lipinski definition) is 9. The fourth-order valence-corrected chi connectivity index (χ4v) is 6.22. The summed E-state index contributed by atoms with van der Waals surface area (Å²) >= 11 is 4.75. The number of nitrogens with zero attached hydrogens (tertiary/aromatic N) is 2. The van der Waals surface area contributed by atoms with Crippen molar-refractivity contribution in [2.75, 3.05) is 20.8 Å². The molecule has 5 rings (SSSR count). The number of thiazole rings is 1. The van der Waals surface area contributed by atoms with Crippen molar-refractivity contribution in [1.29, 1.82) is 0 Å². The van der Waals surface area contributed by atoms with E-state index in [-0.39, 0.29) is 23.3 Å². The number of esters is 1. The highest BCUT2D eigenvalue weighted by molar-refractivity contribution is 9.10. The van der Waals surface area contributed by atoms with Crippen LogP contribution in [-0.4, -0.2) is 42.4 Å². The van der Waals surface area contributed by atoms with Crippen LogP contribution in [0.15, 0.2) is 78.5 Å². The van der Waals surface area contributed by atoms with Gasteiger partial charge in [0.1, 0.15) is 11.5 Å². The van der Waals surface area contributed by atoms with Crippen LogP contribution < -0.4 is 24.4 Å². The van der Waals surface area contributed by atoms with Gasteiger partial charge in [-0.2, -0.15) is 0 Å². The Labute approximate surface area is 251 Å². The number of aromatic nitrogens is 1. The summed E-state index contributed by atoms with van der Waals surface area (Å²) in [5.41, 5.74) is 1.73. The third-order valence-electron chi connectivity index (χ3n) is 6.63. The number of hydrogen-bond donors (Lipinski definition) is 1. The molecular weight excluding hydrogens is 628 g/mol. The number of halogens is 1. The summed E-state index contributed by atoms with van der Waals surface area (Å²) in [7, 11) is 3.03. The lowest BCUT2D eigenvalue weighted by molar-refractivity contribution is -0.139.